The van der Waals surface area contributed by atoms with Crippen LogP contribution in [0.25, 0.3) is 0 Å². The molecule has 0 fully saturated rings. The van der Waals surface area contributed by atoms with E-state index >= 15 is 0 Å². The number of rotatable bonds is 6. The Bertz CT molecular complexity index is 139. The minimum Gasteiger partial charge on any atom is -0.501 e. The summed E-state index contributed by atoms with van der Waals surface area (Å²) in [4.78, 5) is 0. The van der Waals surface area contributed by atoms with E-state index in [4.69, 9.17) is 9.47 Å². The molecule has 0 rings (SSSR count). The summed E-state index contributed by atoms with van der Waals surface area (Å²) >= 11 is 0. The molecular weight excluding hydrogens is 152 g/mol. The topological polar surface area (TPSA) is 18.5 Å². The quantitative estimate of drug-likeness (QED) is 0.451. The highest BCUT2D eigenvalue weighted by molar-refractivity contribution is 4.68. The molecule has 12 heavy (non-hydrogen) atoms. The average molecular weight is 170 g/mol. The third-order valence-electron chi connectivity index (χ3n) is 1.32. The molecule has 0 aliphatic heterocycles. The largest absolute Gasteiger partial charge is 0.501 e. The maximum absolute atomic E-state index is 5.29. The Labute approximate surface area is 74.9 Å². The van der Waals surface area contributed by atoms with Crippen LogP contribution in [0.5, 0.6) is 0 Å². The van der Waals surface area contributed by atoms with Crippen molar-refractivity contribution in [2.45, 2.75) is 33.3 Å². The molecule has 0 saturated heterocycles. The first-order chi connectivity index (χ1) is 5.81. The first kappa shape index (κ1) is 11.1. The van der Waals surface area contributed by atoms with Crippen molar-refractivity contribution < 1.29 is 9.47 Å². The highest BCUT2D eigenvalue weighted by Crippen LogP contribution is 1.98. The second kappa shape index (κ2) is 8.18. The average Bonchev–Trinajstić information content (AvgIpc) is 2.09. The Kier molecular flexibility index (Phi) is 7.55. The van der Waals surface area contributed by atoms with Gasteiger partial charge in [0.05, 0.1) is 25.2 Å². The van der Waals surface area contributed by atoms with Crippen LogP contribution in [0, 0.1) is 0 Å². The molecular formula is C10H18O2. The molecule has 0 amide bonds. The molecule has 0 aliphatic rings. The normalized spacial score (nSPS) is 13.9. The van der Waals surface area contributed by atoms with Crippen molar-refractivity contribution in [1.82, 2.24) is 0 Å². The van der Waals surface area contributed by atoms with E-state index in [1.165, 1.54) is 0 Å². The van der Waals surface area contributed by atoms with Crippen molar-refractivity contribution in [3.63, 3.8) is 0 Å². The van der Waals surface area contributed by atoms with Crippen LogP contribution in [-0.2, 0) is 9.47 Å². The van der Waals surface area contributed by atoms with Gasteiger partial charge in [-0.2, -0.15) is 0 Å². The second-order valence-electron chi connectivity index (χ2n) is 2.54. The lowest BCUT2D eigenvalue weighted by Crippen LogP contribution is -2.06. The lowest BCUT2D eigenvalue weighted by atomic mass is 10.3. The lowest BCUT2D eigenvalue weighted by Gasteiger charge is -2.09. The molecule has 1 unspecified atom stereocenters. The summed E-state index contributed by atoms with van der Waals surface area (Å²) < 4.78 is 10.4. The summed E-state index contributed by atoms with van der Waals surface area (Å²) in [6, 6.07) is 0. The molecule has 2 heteroatoms. The Balaban J connectivity index is 3.24. The zero-order valence-corrected chi connectivity index (χ0v) is 8.12. The maximum atomic E-state index is 5.29. The van der Waals surface area contributed by atoms with Crippen LogP contribution in [0.2, 0.25) is 0 Å². The summed E-state index contributed by atoms with van der Waals surface area (Å²) in [5, 5.41) is 0. The number of ether oxygens (including phenoxy) is 2. The smallest absolute Gasteiger partial charge is 0.0982 e. The van der Waals surface area contributed by atoms with Gasteiger partial charge in [0.15, 0.2) is 0 Å². The van der Waals surface area contributed by atoms with Crippen molar-refractivity contribution in [3.8, 4) is 0 Å². The predicted molar refractivity (Wildman–Crippen MR) is 50.7 cm³/mol. The van der Waals surface area contributed by atoms with Gasteiger partial charge in [0.1, 0.15) is 0 Å². The fraction of sp³-hybridized carbons (Fsp3) is 0.600. The van der Waals surface area contributed by atoms with E-state index in [1.54, 1.807) is 12.5 Å². The van der Waals surface area contributed by atoms with Gasteiger partial charge in [-0.25, -0.2) is 0 Å². The summed E-state index contributed by atoms with van der Waals surface area (Å²) in [6.45, 7) is 6.60. The zero-order chi connectivity index (χ0) is 9.23. The van der Waals surface area contributed by atoms with E-state index in [0.717, 1.165) is 6.42 Å². The van der Waals surface area contributed by atoms with Crippen molar-refractivity contribution in [3.05, 3.63) is 24.7 Å². The molecule has 0 N–H and O–H groups in total. The zero-order valence-electron chi connectivity index (χ0n) is 8.12. The van der Waals surface area contributed by atoms with Gasteiger partial charge in [0.2, 0.25) is 0 Å². The van der Waals surface area contributed by atoms with E-state index in [9.17, 15) is 0 Å². The Morgan fingerprint density at radius 1 is 1.17 bits per heavy atom. The SMILES string of the molecule is CC=COCCC(C)OC=CC. The third kappa shape index (κ3) is 7.19. The molecule has 0 heterocycles. The van der Waals surface area contributed by atoms with Gasteiger partial charge in [-0.15, -0.1) is 0 Å². The minimum atomic E-state index is 0.228. The summed E-state index contributed by atoms with van der Waals surface area (Å²) in [5.41, 5.74) is 0. The molecule has 0 aliphatic carbocycles. The van der Waals surface area contributed by atoms with Gasteiger partial charge in [-0.3, -0.25) is 0 Å². The van der Waals surface area contributed by atoms with Crippen LogP contribution in [-0.4, -0.2) is 12.7 Å². The Morgan fingerprint density at radius 3 is 2.42 bits per heavy atom. The highest BCUT2D eigenvalue weighted by atomic mass is 16.5. The van der Waals surface area contributed by atoms with Crippen LogP contribution in [0.3, 0.4) is 0 Å². The highest BCUT2D eigenvalue weighted by Gasteiger charge is 1.98. The molecule has 1 atom stereocenters. The monoisotopic (exact) mass is 170 g/mol. The Hall–Kier alpha value is -0.920. The first-order valence-corrected chi connectivity index (χ1v) is 4.30. The summed E-state index contributed by atoms with van der Waals surface area (Å²) in [5.74, 6) is 0. The molecule has 0 aromatic rings. The fourth-order valence-corrected chi connectivity index (χ4v) is 0.679. The molecule has 70 valence electrons. The van der Waals surface area contributed by atoms with E-state index in [2.05, 4.69) is 0 Å². The fourth-order valence-electron chi connectivity index (χ4n) is 0.679. The number of hydrogen-bond donors (Lipinski definition) is 0. The molecule has 0 bridgehead atoms. The summed E-state index contributed by atoms with van der Waals surface area (Å²) in [6.07, 6.45) is 8.30. The van der Waals surface area contributed by atoms with Crippen molar-refractivity contribution in [2.24, 2.45) is 0 Å². The van der Waals surface area contributed by atoms with Gasteiger partial charge >= 0.3 is 0 Å². The van der Waals surface area contributed by atoms with E-state index in [-0.39, 0.29) is 6.10 Å². The van der Waals surface area contributed by atoms with Crippen LogP contribution in [0.1, 0.15) is 27.2 Å². The minimum absolute atomic E-state index is 0.228. The summed E-state index contributed by atoms with van der Waals surface area (Å²) in [7, 11) is 0. The van der Waals surface area contributed by atoms with Gasteiger partial charge in [-0.1, -0.05) is 12.2 Å². The van der Waals surface area contributed by atoms with Crippen LogP contribution < -0.4 is 0 Å². The lowest BCUT2D eigenvalue weighted by molar-refractivity contribution is 0.119. The molecule has 0 saturated carbocycles. The molecule has 0 radical (unpaired) electrons. The van der Waals surface area contributed by atoms with E-state index < -0.39 is 0 Å². The molecule has 0 aromatic heterocycles. The van der Waals surface area contributed by atoms with Crippen molar-refractivity contribution >= 4 is 0 Å². The van der Waals surface area contributed by atoms with E-state index in [1.807, 2.05) is 32.9 Å². The Morgan fingerprint density at radius 2 is 1.83 bits per heavy atom. The molecule has 0 spiro atoms. The molecule has 2 nitrogen and oxygen atoms in total. The number of allylic oxidation sites excluding steroid dienone is 2. The van der Waals surface area contributed by atoms with Crippen LogP contribution in [0.4, 0.5) is 0 Å². The first-order valence-electron chi connectivity index (χ1n) is 4.30. The van der Waals surface area contributed by atoms with Crippen LogP contribution >= 0.6 is 0 Å². The van der Waals surface area contributed by atoms with Gasteiger partial charge in [0, 0.05) is 6.42 Å². The van der Waals surface area contributed by atoms with Crippen molar-refractivity contribution in [1.29, 1.82) is 0 Å². The standard InChI is InChI=1S/C10H18O2/c1-4-7-11-9-6-10(3)12-8-5-2/h4-5,7-8,10H,6,9H2,1-3H3. The van der Waals surface area contributed by atoms with Crippen LogP contribution in [0.15, 0.2) is 24.7 Å². The number of hydrogen-bond acceptors (Lipinski definition) is 2. The molecule has 0 aromatic carbocycles. The van der Waals surface area contributed by atoms with Gasteiger partial charge in [-0.05, 0) is 20.8 Å². The maximum Gasteiger partial charge on any atom is 0.0982 e. The van der Waals surface area contributed by atoms with Crippen molar-refractivity contribution in [2.75, 3.05) is 6.61 Å². The van der Waals surface area contributed by atoms with Gasteiger partial charge in [0.25, 0.3) is 0 Å². The third-order valence-corrected chi connectivity index (χ3v) is 1.32. The second-order valence-corrected chi connectivity index (χ2v) is 2.54. The predicted octanol–water partition coefficient (Wildman–Crippen LogP) is 2.87. The van der Waals surface area contributed by atoms with E-state index in [0.29, 0.717) is 6.61 Å². The van der Waals surface area contributed by atoms with Gasteiger partial charge < -0.3 is 9.47 Å².